The van der Waals surface area contributed by atoms with Crippen molar-refractivity contribution in [1.29, 1.82) is 0 Å². The van der Waals surface area contributed by atoms with Gasteiger partial charge < -0.3 is 0 Å². The SMILES string of the molecule is NC(N)=[Se].[Cu]. The summed E-state index contributed by atoms with van der Waals surface area (Å²) < 4.78 is 0.292. The number of rotatable bonds is 0. The van der Waals surface area contributed by atoms with Gasteiger partial charge in [0.2, 0.25) is 0 Å². The maximum atomic E-state index is 4.75. The summed E-state index contributed by atoms with van der Waals surface area (Å²) >= 11 is 2.38. The van der Waals surface area contributed by atoms with Gasteiger partial charge in [-0.2, -0.15) is 0 Å². The second-order valence-electron chi connectivity index (χ2n) is 0.402. The summed E-state index contributed by atoms with van der Waals surface area (Å²) in [5, 5.41) is 0. The molecule has 4 N–H and O–H groups in total. The molecule has 0 atom stereocenters. The van der Waals surface area contributed by atoms with E-state index < -0.39 is 0 Å². The molecule has 0 aliphatic rings. The second-order valence-corrected chi connectivity index (χ2v) is 1.39. The second kappa shape index (κ2) is 4.51. The Bertz CT molecular complexity index is 32.6. The fraction of sp³-hybridized carbons (Fsp3) is 0. The average molecular weight is 187 g/mol. The average Bonchev–Trinajstić information content (AvgIpc) is 0.811. The minimum Gasteiger partial charge on any atom is 0 e. The van der Waals surface area contributed by atoms with Crippen molar-refractivity contribution in [3.63, 3.8) is 0 Å². The molecule has 0 fully saturated rings. The minimum absolute atomic E-state index is 0. The predicted molar refractivity (Wildman–Crippen MR) is 19.1 cm³/mol. The van der Waals surface area contributed by atoms with Crippen LogP contribution >= 0.6 is 0 Å². The molecule has 0 saturated carbocycles. The van der Waals surface area contributed by atoms with E-state index in [4.69, 9.17) is 11.5 Å². The first-order valence-corrected chi connectivity index (χ1v) is 1.64. The van der Waals surface area contributed by atoms with Crippen LogP contribution in [0.4, 0.5) is 0 Å². The van der Waals surface area contributed by atoms with Crippen LogP contribution in [0, 0.1) is 0 Å². The van der Waals surface area contributed by atoms with Gasteiger partial charge in [-0.05, 0) is 0 Å². The molecule has 0 aromatic heterocycles. The van der Waals surface area contributed by atoms with E-state index in [2.05, 4.69) is 15.6 Å². The van der Waals surface area contributed by atoms with E-state index in [0.717, 1.165) is 0 Å². The zero-order chi connectivity index (χ0) is 3.58. The van der Waals surface area contributed by atoms with Crippen LogP contribution in [0.2, 0.25) is 0 Å². The van der Waals surface area contributed by atoms with E-state index >= 15 is 0 Å². The molecule has 2 nitrogen and oxygen atoms in total. The normalized spacial score (nSPS) is 4.80. The van der Waals surface area contributed by atoms with Gasteiger partial charge in [0.1, 0.15) is 0 Å². The zero-order valence-corrected chi connectivity index (χ0v) is 5.02. The Morgan fingerprint density at radius 1 is 1.40 bits per heavy atom. The quantitative estimate of drug-likeness (QED) is 0.437. The van der Waals surface area contributed by atoms with Crippen molar-refractivity contribution in [1.82, 2.24) is 0 Å². The van der Waals surface area contributed by atoms with Crippen LogP contribution in [0.1, 0.15) is 0 Å². The van der Waals surface area contributed by atoms with Crippen LogP contribution in [-0.2, 0) is 17.1 Å². The number of hydrogen-bond donors (Lipinski definition) is 2. The molecule has 0 unspecified atom stereocenters. The van der Waals surface area contributed by atoms with E-state index in [0.29, 0.717) is 4.67 Å². The summed E-state index contributed by atoms with van der Waals surface area (Å²) in [5.41, 5.74) is 9.50. The Kier molecular flexibility index (Phi) is 8.20. The summed E-state index contributed by atoms with van der Waals surface area (Å²) in [5.74, 6) is 0. The van der Waals surface area contributed by atoms with Gasteiger partial charge in [-0.3, -0.25) is 0 Å². The van der Waals surface area contributed by atoms with Crippen LogP contribution in [0.25, 0.3) is 0 Å². The number of nitrogens with two attached hydrogens (primary N) is 2. The molecule has 1 radical (unpaired) electrons. The first kappa shape index (κ1) is 9.10. The van der Waals surface area contributed by atoms with Crippen LogP contribution in [-0.4, -0.2) is 20.2 Å². The van der Waals surface area contributed by atoms with Crippen LogP contribution in [0.15, 0.2) is 0 Å². The molecule has 0 bridgehead atoms. The molecule has 35 valence electrons. The van der Waals surface area contributed by atoms with Crippen molar-refractivity contribution in [3.05, 3.63) is 0 Å². The van der Waals surface area contributed by atoms with Gasteiger partial charge in [-0.1, -0.05) is 0 Å². The molecule has 0 rings (SSSR count). The first-order chi connectivity index (χ1) is 1.73. The van der Waals surface area contributed by atoms with E-state index in [1.807, 2.05) is 0 Å². The van der Waals surface area contributed by atoms with Crippen molar-refractivity contribution < 1.29 is 17.1 Å². The zero-order valence-electron chi connectivity index (χ0n) is 2.36. The van der Waals surface area contributed by atoms with Gasteiger partial charge in [-0.15, -0.1) is 0 Å². The Hall–Kier alpha value is 0.509. The van der Waals surface area contributed by atoms with Gasteiger partial charge in [0, 0.05) is 17.1 Å². The molecule has 0 aliphatic heterocycles. The van der Waals surface area contributed by atoms with E-state index in [1.165, 1.54) is 0 Å². The van der Waals surface area contributed by atoms with Crippen molar-refractivity contribution in [2.75, 3.05) is 0 Å². The molecule has 0 saturated heterocycles. The first-order valence-electron chi connectivity index (χ1n) is 0.781. The largest absolute Gasteiger partial charge is 0 e. The standard InChI is InChI=1S/CH4N2Se.Cu/c2-1(3)4;/h(H4,2,3,4);. The molecule has 0 aromatic rings. The molecule has 0 aromatic carbocycles. The Labute approximate surface area is 49.1 Å². The topological polar surface area (TPSA) is 52.0 Å². The van der Waals surface area contributed by atoms with Gasteiger partial charge in [0.25, 0.3) is 0 Å². The Morgan fingerprint density at radius 2 is 1.40 bits per heavy atom. The molecule has 5 heavy (non-hydrogen) atoms. The van der Waals surface area contributed by atoms with Crippen molar-refractivity contribution >= 4 is 20.2 Å². The molecular formula is CH4CuN2Se. The molecule has 0 spiro atoms. The smallest absolute Gasteiger partial charge is 0 e. The molecule has 0 amide bonds. The third-order valence-corrected chi connectivity index (χ3v) is 0. The molecule has 4 heteroatoms. The molecule has 0 heterocycles. The summed E-state index contributed by atoms with van der Waals surface area (Å²) in [6, 6.07) is 0. The van der Waals surface area contributed by atoms with Crippen molar-refractivity contribution in [2.24, 2.45) is 11.5 Å². The fourth-order valence-corrected chi connectivity index (χ4v) is 0. The molecular weight excluding hydrogens is 183 g/mol. The Balaban J connectivity index is 0. The Morgan fingerprint density at radius 3 is 1.40 bits per heavy atom. The van der Waals surface area contributed by atoms with Crippen LogP contribution in [0.3, 0.4) is 0 Å². The van der Waals surface area contributed by atoms with E-state index in [1.54, 1.807) is 0 Å². The third-order valence-electron chi connectivity index (χ3n) is 0. The van der Waals surface area contributed by atoms with Crippen molar-refractivity contribution in [3.8, 4) is 0 Å². The summed E-state index contributed by atoms with van der Waals surface area (Å²) in [6.07, 6.45) is 0. The predicted octanol–water partition coefficient (Wildman–Crippen LogP) is -1.84. The van der Waals surface area contributed by atoms with Crippen molar-refractivity contribution in [2.45, 2.75) is 0 Å². The van der Waals surface area contributed by atoms with Gasteiger partial charge >= 0.3 is 31.7 Å². The van der Waals surface area contributed by atoms with Crippen LogP contribution in [0.5, 0.6) is 0 Å². The monoisotopic (exact) mass is 187 g/mol. The van der Waals surface area contributed by atoms with Gasteiger partial charge in [-0.25, -0.2) is 0 Å². The third kappa shape index (κ3) is 110. The van der Waals surface area contributed by atoms with Crippen LogP contribution < -0.4 is 11.5 Å². The van der Waals surface area contributed by atoms with Gasteiger partial charge in [0.05, 0.1) is 0 Å². The van der Waals surface area contributed by atoms with Gasteiger partial charge in [0.15, 0.2) is 0 Å². The van der Waals surface area contributed by atoms with E-state index in [-0.39, 0.29) is 17.1 Å². The summed E-state index contributed by atoms with van der Waals surface area (Å²) in [7, 11) is 0. The summed E-state index contributed by atoms with van der Waals surface area (Å²) in [6.45, 7) is 0. The van der Waals surface area contributed by atoms with E-state index in [9.17, 15) is 0 Å². The summed E-state index contributed by atoms with van der Waals surface area (Å²) in [4.78, 5) is 0. The molecule has 0 aliphatic carbocycles. The number of hydrogen-bond acceptors (Lipinski definition) is 2. The fourth-order valence-electron chi connectivity index (χ4n) is 0. The maximum absolute atomic E-state index is 4.75. The maximum Gasteiger partial charge on any atom is 0 e. The minimum atomic E-state index is 0.